The van der Waals surface area contributed by atoms with E-state index in [1.807, 2.05) is 0 Å². The van der Waals surface area contributed by atoms with E-state index in [2.05, 4.69) is 46.0 Å². The van der Waals surface area contributed by atoms with Gasteiger partial charge >= 0.3 is 6.09 Å². The summed E-state index contributed by atoms with van der Waals surface area (Å²) in [4.78, 5) is 12.7. The number of allylic oxidation sites excluding steroid dienone is 1. The number of fused-ring (bicyclic) bond motifs is 5. The highest BCUT2D eigenvalue weighted by atomic mass is 35.5. The molecule has 0 aromatic heterocycles. The molecule has 39 heavy (non-hydrogen) atoms. The van der Waals surface area contributed by atoms with Gasteiger partial charge < -0.3 is 4.74 Å². The van der Waals surface area contributed by atoms with Gasteiger partial charge in [-0.2, -0.15) is 0 Å². The van der Waals surface area contributed by atoms with E-state index in [-0.39, 0.29) is 11.5 Å². The highest BCUT2D eigenvalue weighted by molar-refractivity contribution is 6.42. The summed E-state index contributed by atoms with van der Waals surface area (Å²) in [7, 11) is 0. The van der Waals surface area contributed by atoms with Crippen LogP contribution >= 0.6 is 23.2 Å². The smallest absolute Gasteiger partial charge is 0.411 e. The lowest BCUT2D eigenvalue weighted by Crippen LogP contribution is -2.51. The average Bonchev–Trinajstić information content (AvgIpc) is 3.23. The van der Waals surface area contributed by atoms with Crippen LogP contribution in [0.4, 0.5) is 10.5 Å². The first-order valence-corrected chi connectivity index (χ1v) is 16.4. The summed E-state index contributed by atoms with van der Waals surface area (Å²) in [6.45, 7) is 12.5. The lowest BCUT2D eigenvalue weighted by Gasteiger charge is -2.58. The summed E-state index contributed by atoms with van der Waals surface area (Å²) in [5, 5.41) is 3.71. The fourth-order valence-corrected chi connectivity index (χ4v) is 9.92. The molecular formula is C34H49Cl2NO2. The van der Waals surface area contributed by atoms with Crippen LogP contribution in [0.1, 0.15) is 105 Å². The van der Waals surface area contributed by atoms with Crippen LogP contribution < -0.4 is 5.32 Å². The molecule has 1 aromatic rings. The van der Waals surface area contributed by atoms with E-state index in [0.29, 0.717) is 21.1 Å². The Kier molecular flexibility index (Phi) is 8.71. The van der Waals surface area contributed by atoms with E-state index >= 15 is 0 Å². The second-order valence-electron chi connectivity index (χ2n) is 14.3. The highest BCUT2D eigenvalue weighted by Crippen LogP contribution is 2.67. The molecule has 1 amide bonds. The first-order valence-electron chi connectivity index (χ1n) is 15.6. The molecule has 0 saturated heterocycles. The number of anilines is 1. The molecule has 0 unspecified atom stereocenters. The molecule has 0 aliphatic heterocycles. The van der Waals surface area contributed by atoms with E-state index in [0.717, 1.165) is 54.8 Å². The van der Waals surface area contributed by atoms with Crippen molar-refractivity contribution < 1.29 is 9.53 Å². The third kappa shape index (κ3) is 5.78. The predicted molar refractivity (Wildman–Crippen MR) is 163 cm³/mol. The van der Waals surface area contributed by atoms with Gasteiger partial charge in [-0.1, -0.05) is 88.7 Å². The summed E-state index contributed by atoms with van der Waals surface area (Å²) in [5.41, 5.74) is 2.92. The zero-order valence-electron chi connectivity index (χ0n) is 24.7. The van der Waals surface area contributed by atoms with Crippen LogP contribution in [0.25, 0.3) is 0 Å². The molecule has 1 aromatic carbocycles. The third-order valence-electron chi connectivity index (χ3n) is 11.7. The maximum atomic E-state index is 12.7. The van der Waals surface area contributed by atoms with E-state index < -0.39 is 6.09 Å². The Morgan fingerprint density at radius 3 is 2.56 bits per heavy atom. The van der Waals surface area contributed by atoms with E-state index in [4.69, 9.17) is 27.9 Å². The number of hydrogen-bond acceptors (Lipinski definition) is 2. The summed E-state index contributed by atoms with van der Waals surface area (Å²) >= 11 is 12.1. The Labute approximate surface area is 246 Å². The van der Waals surface area contributed by atoms with Crippen molar-refractivity contribution in [3.63, 3.8) is 0 Å². The lowest BCUT2D eigenvalue weighted by molar-refractivity contribution is -0.0577. The van der Waals surface area contributed by atoms with E-state index in [1.54, 1.807) is 23.8 Å². The zero-order valence-corrected chi connectivity index (χ0v) is 26.2. The van der Waals surface area contributed by atoms with Crippen molar-refractivity contribution in [2.24, 2.45) is 46.3 Å². The van der Waals surface area contributed by atoms with Gasteiger partial charge in [0.25, 0.3) is 0 Å². The second-order valence-corrected chi connectivity index (χ2v) is 15.1. The van der Waals surface area contributed by atoms with Gasteiger partial charge in [-0.15, -0.1) is 0 Å². The maximum Gasteiger partial charge on any atom is 0.411 e. The Bertz CT molecular complexity index is 1080. The van der Waals surface area contributed by atoms with Crippen LogP contribution in [0.15, 0.2) is 29.8 Å². The minimum Gasteiger partial charge on any atom is -0.446 e. The number of ether oxygens (including phenoxy) is 1. The van der Waals surface area contributed by atoms with Gasteiger partial charge in [-0.05, 0) is 109 Å². The molecule has 3 fully saturated rings. The average molecular weight is 575 g/mol. The maximum absolute atomic E-state index is 12.7. The van der Waals surface area contributed by atoms with Gasteiger partial charge in [0.2, 0.25) is 0 Å². The number of nitrogens with one attached hydrogen (secondary N) is 1. The molecule has 0 radical (unpaired) electrons. The van der Waals surface area contributed by atoms with Crippen molar-refractivity contribution in [2.45, 2.75) is 111 Å². The van der Waals surface area contributed by atoms with Crippen molar-refractivity contribution in [1.82, 2.24) is 0 Å². The number of halogens is 2. The number of benzene rings is 1. The van der Waals surface area contributed by atoms with Crippen molar-refractivity contribution in [2.75, 3.05) is 5.32 Å². The largest absolute Gasteiger partial charge is 0.446 e. The van der Waals surface area contributed by atoms with Crippen LogP contribution in [0.2, 0.25) is 10.0 Å². The summed E-state index contributed by atoms with van der Waals surface area (Å²) in [6.07, 6.45) is 16.0. The van der Waals surface area contributed by atoms with Crippen LogP contribution in [0.3, 0.4) is 0 Å². The molecule has 3 saturated carbocycles. The van der Waals surface area contributed by atoms with Crippen LogP contribution in [-0.4, -0.2) is 12.2 Å². The minimum atomic E-state index is -0.413. The molecule has 5 rings (SSSR count). The van der Waals surface area contributed by atoms with Gasteiger partial charge in [-0.3, -0.25) is 5.32 Å². The van der Waals surface area contributed by atoms with Gasteiger partial charge in [0.05, 0.1) is 10.0 Å². The number of carbonyl (C=O) groups excluding carboxylic acids is 1. The third-order valence-corrected chi connectivity index (χ3v) is 12.4. The van der Waals surface area contributed by atoms with Crippen LogP contribution in [-0.2, 0) is 4.74 Å². The van der Waals surface area contributed by atoms with Crippen LogP contribution in [0.5, 0.6) is 0 Å². The molecule has 216 valence electrons. The number of amides is 1. The first kappa shape index (κ1) is 29.3. The Morgan fingerprint density at radius 1 is 1.03 bits per heavy atom. The molecule has 5 heteroatoms. The van der Waals surface area contributed by atoms with Crippen LogP contribution in [0, 0.1) is 46.3 Å². The highest BCUT2D eigenvalue weighted by Gasteiger charge is 2.59. The molecule has 0 bridgehead atoms. The minimum absolute atomic E-state index is 0.0694. The summed E-state index contributed by atoms with van der Waals surface area (Å²) in [6, 6.07) is 5.09. The molecule has 1 N–H and O–H groups in total. The Morgan fingerprint density at radius 2 is 1.82 bits per heavy atom. The fourth-order valence-electron chi connectivity index (χ4n) is 9.63. The predicted octanol–water partition coefficient (Wildman–Crippen LogP) is 11.0. The molecule has 0 heterocycles. The Hall–Kier alpha value is -1.19. The van der Waals surface area contributed by atoms with Gasteiger partial charge in [-0.25, -0.2) is 4.79 Å². The molecular weight excluding hydrogens is 525 g/mol. The van der Waals surface area contributed by atoms with Crippen molar-refractivity contribution in [3.05, 3.63) is 39.9 Å². The second kappa shape index (κ2) is 11.6. The van der Waals surface area contributed by atoms with Crippen molar-refractivity contribution in [1.29, 1.82) is 0 Å². The van der Waals surface area contributed by atoms with E-state index in [9.17, 15) is 4.79 Å². The normalized spacial score (nSPS) is 36.4. The summed E-state index contributed by atoms with van der Waals surface area (Å²) in [5.74, 6) is 5.03. The van der Waals surface area contributed by atoms with Gasteiger partial charge in [0.15, 0.2) is 0 Å². The van der Waals surface area contributed by atoms with Gasteiger partial charge in [0.1, 0.15) is 6.10 Å². The number of hydrogen-bond donors (Lipinski definition) is 1. The fraction of sp³-hybridized carbons (Fsp3) is 0.735. The monoisotopic (exact) mass is 573 g/mol. The lowest BCUT2D eigenvalue weighted by atomic mass is 9.47. The van der Waals surface area contributed by atoms with E-state index in [1.165, 1.54) is 51.4 Å². The number of carbonyl (C=O) groups is 1. The zero-order chi connectivity index (χ0) is 27.9. The first-order chi connectivity index (χ1) is 18.5. The standard InChI is InChI=1S/C34H49Cl2NO2/c1-21(2)7-6-8-22(3)27-12-13-28-26-11-9-23-19-25(15-17-33(23,4)29(26)16-18-34(27,28)5)39-32(38)37-24-10-14-30(35)31(36)20-24/h9-10,14,20-22,25-29H,6-8,11-13,15-19H2,1-5H3,(H,37,38)/t22-,25-,26-,27+,28-,29-,33-,34+/m0/s1. The molecule has 4 aliphatic rings. The van der Waals surface area contributed by atoms with Crippen molar-refractivity contribution in [3.8, 4) is 0 Å². The molecule has 0 spiro atoms. The SMILES string of the molecule is CC(C)CCC[C@H](C)[C@H]1CC[C@H]2[C@@H]3CC=C4C[C@@H](OC(=O)Nc5ccc(Cl)c(Cl)c5)CC[C@]4(C)[C@H]3CC[C@]12C. The molecule has 8 atom stereocenters. The summed E-state index contributed by atoms with van der Waals surface area (Å²) < 4.78 is 5.90. The Balaban J connectivity index is 1.21. The molecule has 3 nitrogen and oxygen atoms in total. The molecule has 4 aliphatic carbocycles. The van der Waals surface area contributed by atoms with Crippen molar-refractivity contribution >= 4 is 35.0 Å². The number of rotatable bonds is 7. The van der Waals surface area contributed by atoms with Gasteiger partial charge in [0, 0.05) is 12.1 Å². The quantitative estimate of drug-likeness (QED) is 0.329. The topological polar surface area (TPSA) is 38.3 Å².